The van der Waals surface area contributed by atoms with E-state index in [-0.39, 0.29) is 6.03 Å². The molecule has 1 fully saturated rings. The summed E-state index contributed by atoms with van der Waals surface area (Å²) in [6.45, 7) is 1.32. The minimum atomic E-state index is -0.0821. The Labute approximate surface area is 152 Å². The summed E-state index contributed by atoms with van der Waals surface area (Å²) in [5.74, 6) is 0.366. The van der Waals surface area contributed by atoms with Gasteiger partial charge >= 0.3 is 6.03 Å². The van der Waals surface area contributed by atoms with Crippen LogP contribution in [-0.2, 0) is 0 Å². The molecule has 2 amide bonds. The molecule has 1 saturated heterocycles. The highest BCUT2D eigenvalue weighted by Crippen LogP contribution is 2.39. The standard InChI is InChI=1S/C15H11Cl3N2O2S/c16-9-7-12(17)14(13(18)8-9)22-23-11-3-1-10(2-4-11)20-6-5-19-15(20)21/h1-4,7-8H,5-6H2,(H,19,21). The van der Waals surface area contributed by atoms with E-state index in [1.54, 1.807) is 17.0 Å². The molecule has 1 aliphatic rings. The lowest BCUT2D eigenvalue weighted by atomic mass is 10.3. The number of benzene rings is 2. The zero-order chi connectivity index (χ0) is 16.4. The number of hydrogen-bond donors (Lipinski definition) is 1. The van der Waals surface area contributed by atoms with E-state index in [2.05, 4.69) is 5.32 Å². The number of hydrogen-bond acceptors (Lipinski definition) is 3. The topological polar surface area (TPSA) is 41.6 Å². The van der Waals surface area contributed by atoms with Crippen molar-refractivity contribution in [2.45, 2.75) is 4.90 Å². The fourth-order valence-electron chi connectivity index (χ4n) is 2.10. The summed E-state index contributed by atoms with van der Waals surface area (Å²) in [6.07, 6.45) is 0. The van der Waals surface area contributed by atoms with Crippen molar-refractivity contribution in [3.8, 4) is 5.75 Å². The van der Waals surface area contributed by atoms with Crippen LogP contribution in [-0.4, -0.2) is 19.1 Å². The predicted octanol–water partition coefficient (Wildman–Crippen LogP) is 5.26. The van der Waals surface area contributed by atoms with E-state index in [0.717, 1.165) is 22.6 Å². The summed E-state index contributed by atoms with van der Waals surface area (Å²) in [5.41, 5.74) is 0.840. The predicted molar refractivity (Wildman–Crippen MR) is 95.1 cm³/mol. The van der Waals surface area contributed by atoms with Crippen molar-refractivity contribution < 1.29 is 8.98 Å². The van der Waals surface area contributed by atoms with Crippen molar-refractivity contribution in [1.29, 1.82) is 0 Å². The van der Waals surface area contributed by atoms with Crippen LogP contribution < -0.4 is 14.4 Å². The Balaban J connectivity index is 1.68. The number of carbonyl (C=O) groups excluding carboxylic acids is 1. The Morgan fingerprint density at radius 1 is 1.09 bits per heavy atom. The number of halogens is 3. The van der Waals surface area contributed by atoms with Crippen LogP contribution in [0.25, 0.3) is 0 Å². The lowest BCUT2D eigenvalue weighted by Gasteiger charge is -2.14. The maximum Gasteiger partial charge on any atom is 0.321 e. The van der Waals surface area contributed by atoms with Crippen LogP contribution in [0.15, 0.2) is 41.3 Å². The van der Waals surface area contributed by atoms with Gasteiger partial charge in [-0.3, -0.25) is 4.90 Å². The molecule has 2 aromatic carbocycles. The van der Waals surface area contributed by atoms with Gasteiger partial charge in [0.2, 0.25) is 0 Å². The molecule has 0 spiro atoms. The minimum absolute atomic E-state index is 0.0821. The molecule has 0 aliphatic carbocycles. The van der Waals surface area contributed by atoms with Gasteiger partial charge in [-0.1, -0.05) is 34.8 Å². The largest absolute Gasteiger partial charge is 0.417 e. The Bertz CT molecular complexity index is 717. The quantitative estimate of drug-likeness (QED) is 0.725. The Morgan fingerprint density at radius 3 is 2.30 bits per heavy atom. The number of urea groups is 1. The van der Waals surface area contributed by atoms with Crippen LogP contribution in [0, 0.1) is 0 Å². The lowest BCUT2D eigenvalue weighted by molar-refractivity contribution is 0.252. The third kappa shape index (κ3) is 3.80. The summed E-state index contributed by atoms with van der Waals surface area (Å²) in [7, 11) is 0. The number of amides is 2. The Kier molecular flexibility index (Phi) is 5.11. The Hall–Kier alpha value is -1.27. The van der Waals surface area contributed by atoms with E-state index in [0.29, 0.717) is 33.9 Å². The summed E-state index contributed by atoms with van der Waals surface area (Å²) < 4.78 is 5.60. The van der Waals surface area contributed by atoms with Crippen molar-refractivity contribution in [3.63, 3.8) is 0 Å². The van der Waals surface area contributed by atoms with Gasteiger partial charge < -0.3 is 9.50 Å². The van der Waals surface area contributed by atoms with Crippen LogP contribution >= 0.6 is 46.8 Å². The molecule has 23 heavy (non-hydrogen) atoms. The first kappa shape index (κ1) is 16.6. The van der Waals surface area contributed by atoms with Crippen molar-refractivity contribution in [3.05, 3.63) is 51.5 Å². The maximum atomic E-state index is 11.6. The molecule has 1 heterocycles. The fourth-order valence-corrected chi connectivity index (χ4v) is 3.69. The van der Waals surface area contributed by atoms with Crippen LogP contribution in [0.3, 0.4) is 0 Å². The molecule has 1 aliphatic heterocycles. The summed E-state index contributed by atoms with van der Waals surface area (Å²) in [4.78, 5) is 14.2. The fraction of sp³-hybridized carbons (Fsp3) is 0.133. The van der Waals surface area contributed by atoms with Gasteiger partial charge in [0.25, 0.3) is 0 Å². The van der Waals surface area contributed by atoms with Gasteiger partial charge in [-0.2, -0.15) is 0 Å². The van der Waals surface area contributed by atoms with Crippen molar-refractivity contribution in [1.82, 2.24) is 5.32 Å². The maximum absolute atomic E-state index is 11.6. The van der Waals surface area contributed by atoms with Gasteiger partial charge in [0.15, 0.2) is 5.75 Å². The van der Waals surface area contributed by atoms with E-state index in [1.807, 2.05) is 24.3 Å². The van der Waals surface area contributed by atoms with E-state index in [9.17, 15) is 4.79 Å². The molecule has 3 rings (SSSR count). The first-order chi connectivity index (χ1) is 11.0. The number of anilines is 1. The number of nitrogens with one attached hydrogen (secondary N) is 1. The monoisotopic (exact) mass is 388 g/mol. The third-order valence-corrected chi connectivity index (χ3v) is 4.68. The third-order valence-electron chi connectivity index (χ3n) is 3.19. The van der Waals surface area contributed by atoms with Crippen LogP contribution in [0.5, 0.6) is 5.75 Å². The second kappa shape index (κ2) is 7.09. The second-order valence-electron chi connectivity index (χ2n) is 4.74. The summed E-state index contributed by atoms with van der Waals surface area (Å²) >= 11 is 19.1. The first-order valence-electron chi connectivity index (χ1n) is 6.69. The minimum Gasteiger partial charge on any atom is -0.417 e. The van der Waals surface area contributed by atoms with Crippen molar-refractivity contribution in [2.24, 2.45) is 0 Å². The van der Waals surface area contributed by atoms with Gasteiger partial charge in [0, 0.05) is 28.7 Å². The zero-order valence-electron chi connectivity index (χ0n) is 11.7. The zero-order valence-corrected chi connectivity index (χ0v) is 14.8. The normalized spacial score (nSPS) is 14.0. The summed E-state index contributed by atoms with van der Waals surface area (Å²) in [6, 6.07) is 10.5. The SMILES string of the molecule is O=C1NCCN1c1ccc(SOc2c(Cl)cc(Cl)cc2Cl)cc1. The van der Waals surface area contributed by atoms with Gasteiger partial charge in [-0.15, -0.1) is 0 Å². The lowest BCUT2D eigenvalue weighted by Crippen LogP contribution is -2.27. The molecular weight excluding hydrogens is 379 g/mol. The molecule has 0 saturated carbocycles. The Morgan fingerprint density at radius 2 is 1.74 bits per heavy atom. The number of rotatable bonds is 4. The van der Waals surface area contributed by atoms with Gasteiger partial charge in [-0.05, 0) is 36.4 Å². The molecule has 8 heteroatoms. The number of carbonyl (C=O) groups is 1. The average Bonchev–Trinajstić information content (AvgIpc) is 2.93. The number of nitrogens with zero attached hydrogens (tertiary/aromatic N) is 1. The highest BCUT2D eigenvalue weighted by atomic mass is 35.5. The van der Waals surface area contributed by atoms with E-state index < -0.39 is 0 Å². The highest BCUT2D eigenvalue weighted by Gasteiger charge is 2.20. The average molecular weight is 390 g/mol. The van der Waals surface area contributed by atoms with Crippen LogP contribution in [0.1, 0.15) is 0 Å². The molecule has 1 N–H and O–H groups in total. The van der Waals surface area contributed by atoms with Gasteiger partial charge in [-0.25, -0.2) is 4.79 Å². The molecule has 0 atom stereocenters. The van der Waals surface area contributed by atoms with E-state index in [4.69, 9.17) is 39.0 Å². The molecule has 0 aromatic heterocycles. The van der Waals surface area contributed by atoms with Crippen molar-refractivity contribution >= 4 is 58.6 Å². The van der Waals surface area contributed by atoms with E-state index >= 15 is 0 Å². The van der Waals surface area contributed by atoms with Crippen LogP contribution in [0.2, 0.25) is 15.1 Å². The van der Waals surface area contributed by atoms with Gasteiger partial charge in [0.05, 0.1) is 22.1 Å². The molecule has 2 aromatic rings. The molecule has 0 radical (unpaired) electrons. The van der Waals surface area contributed by atoms with Gasteiger partial charge in [0.1, 0.15) is 0 Å². The molecule has 120 valence electrons. The van der Waals surface area contributed by atoms with E-state index in [1.165, 1.54) is 0 Å². The molecule has 4 nitrogen and oxygen atoms in total. The van der Waals surface area contributed by atoms with Crippen molar-refractivity contribution in [2.75, 3.05) is 18.0 Å². The highest BCUT2D eigenvalue weighted by molar-refractivity contribution is 7.95. The van der Waals surface area contributed by atoms with Crippen LogP contribution in [0.4, 0.5) is 10.5 Å². The summed E-state index contributed by atoms with van der Waals surface area (Å²) in [5, 5.41) is 3.91. The first-order valence-corrected chi connectivity index (χ1v) is 8.56. The molecule has 0 bridgehead atoms. The molecule has 0 unspecified atom stereocenters. The second-order valence-corrected chi connectivity index (χ2v) is 6.80. The molecular formula is C15H11Cl3N2O2S. The smallest absolute Gasteiger partial charge is 0.321 e.